The third-order valence-corrected chi connectivity index (χ3v) is 20.2. The van der Waals surface area contributed by atoms with E-state index in [4.69, 9.17) is 24.0 Å². The number of nitrogens with zero attached hydrogens (tertiary/aromatic N) is 4. The van der Waals surface area contributed by atoms with Gasteiger partial charge in [-0.15, -0.1) is 46.6 Å². The number of benzene rings is 4. The molecule has 3 unspecified atom stereocenters. The molecular formula is C67H83N7O11S5. The zero-order valence-corrected chi connectivity index (χ0v) is 56.8. The number of quaternary nitrogens is 1. The Hall–Kier alpha value is -6.89. The molecule has 2 aliphatic rings. The Balaban J connectivity index is 0.000000591. The molecule has 2 aromatic heterocycles. The van der Waals surface area contributed by atoms with Crippen LogP contribution in [0, 0.1) is 0 Å². The maximum Gasteiger partial charge on any atom is 0.361 e. The molecule has 6 aromatic rings. The molecule has 3 N–H and O–H groups in total. The number of ether oxygens (including phenoxy) is 3. The molecule has 23 heteroatoms. The van der Waals surface area contributed by atoms with E-state index < -0.39 is 68.8 Å². The van der Waals surface area contributed by atoms with Crippen LogP contribution in [0.5, 0.6) is 5.75 Å². The van der Waals surface area contributed by atoms with Crippen molar-refractivity contribution in [2.45, 2.75) is 139 Å². The Kier molecular flexibility index (Phi) is 26.6. The Morgan fingerprint density at radius 1 is 0.811 bits per heavy atom. The molecule has 0 spiro atoms. The number of thioether (sulfide) groups is 3. The highest BCUT2D eigenvalue weighted by Gasteiger charge is 2.55. The number of H-pyrrole nitrogens is 1. The summed E-state index contributed by atoms with van der Waals surface area (Å²) < 4.78 is 20.5. The van der Waals surface area contributed by atoms with Crippen LogP contribution < -0.4 is 26.0 Å². The number of anilines is 1. The number of amides is 2. The number of aromatic carboxylic acids is 1. The highest BCUT2D eigenvalue weighted by Crippen LogP contribution is 2.44. The van der Waals surface area contributed by atoms with Gasteiger partial charge in [0.05, 0.1) is 49.0 Å². The molecule has 482 valence electrons. The Morgan fingerprint density at radius 3 is 1.84 bits per heavy atom. The number of rotatable bonds is 32. The number of esters is 2. The van der Waals surface area contributed by atoms with E-state index in [1.807, 2.05) is 91.0 Å². The first-order chi connectivity index (χ1) is 43.4. The molecule has 18 nitrogen and oxygen atoms in total. The number of hydrogen-bond acceptors (Lipinski definition) is 19. The number of carbonyl (C=O) groups is 5. The number of methoxy groups -OCH3 is 1. The first-order valence-corrected chi connectivity index (χ1v) is 35.5. The number of carbonyl (C=O) groups excluding carboxylic acids is 5. The second-order valence-electron chi connectivity index (χ2n) is 22.8. The van der Waals surface area contributed by atoms with E-state index in [2.05, 4.69) is 47.9 Å². The molecule has 2 aliphatic heterocycles. The van der Waals surface area contributed by atoms with E-state index in [0.717, 1.165) is 51.7 Å². The summed E-state index contributed by atoms with van der Waals surface area (Å²) >= 11 is 5.25. The number of oxime groups is 1. The summed E-state index contributed by atoms with van der Waals surface area (Å²) in [6, 6.07) is 35.2. The fourth-order valence-electron chi connectivity index (χ4n) is 10.5. The van der Waals surface area contributed by atoms with E-state index in [9.17, 15) is 33.9 Å². The molecule has 0 radical (unpaired) electrons. The molecule has 2 amide bonds. The summed E-state index contributed by atoms with van der Waals surface area (Å²) in [4.78, 5) is 92.3. The van der Waals surface area contributed by atoms with Crippen molar-refractivity contribution in [1.29, 1.82) is 0 Å². The summed E-state index contributed by atoms with van der Waals surface area (Å²) in [5.41, 5.74) is -1.09. The topological polar surface area (TPSA) is 231 Å². The number of unbranched alkanes of at least 4 members (excludes halogenated alkanes) is 4. The number of carboxylic acid groups (broad SMARTS) is 1. The molecule has 3 atom stereocenters. The van der Waals surface area contributed by atoms with Crippen molar-refractivity contribution < 1.29 is 52.6 Å². The smallest absolute Gasteiger partial charge is 0.361 e. The van der Waals surface area contributed by atoms with E-state index in [1.165, 1.54) is 117 Å². The minimum atomic E-state index is -1.65. The number of aromatic nitrogens is 2. The van der Waals surface area contributed by atoms with Crippen LogP contribution in [0.25, 0.3) is 0 Å². The minimum Gasteiger partial charge on any atom is -0.545 e. The number of carboxylic acids is 1. The molecule has 0 aliphatic carbocycles. The fourth-order valence-corrected chi connectivity index (χ4v) is 15.1. The lowest BCUT2D eigenvalue weighted by Crippen LogP contribution is -2.71. The van der Waals surface area contributed by atoms with Gasteiger partial charge in [-0.25, -0.2) is 14.6 Å². The van der Waals surface area contributed by atoms with Crippen LogP contribution in [0.4, 0.5) is 5.13 Å². The largest absolute Gasteiger partial charge is 0.545 e. The summed E-state index contributed by atoms with van der Waals surface area (Å²) in [6.45, 7) is 20.0. The second-order valence-corrected chi connectivity index (χ2v) is 27.7. The van der Waals surface area contributed by atoms with Crippen molar-refractivity contribution >= 4 is 98.7 Å². The number of nitrogens with one attached hydrogen (secondary N) is 3. The monoisotopic (exact) mass is 1320 g/mol. The maximum atomic E-state index is 14.7. The zero-order valence-electron chi connectivity index (χ0n) is 52.7. The lowest BCUT2D eigenvalue weighted by molar-refractivity contribution is -0.929. The molecule has 1 saturated heterocycles. The molecule has 90 heavy (non-hydrogen) atoms. The van der Waals surface area contributed by atoms with Gasteiger partial charge in [-0.2, -0.15) is 0 Å². The van der Waals surface area contributed by atoms with Crippen LogP contribution in [0.1, 0.15) is 138 Å². The van der Waals surface area contributed by atoms with Gasteiger partial charge in [0.1, 0.15) is 46.3 Å². The van der Waals surface area contributed by atoms with Crippen molar-refractivity contribution in [2.75, 3.05) is 56.4 Å². The molecule has 0 bridgehead atoms. The van der Waals surface area contributed by atoms with Gasteiger partial charge in [0.25, 0.3) is 22.8 Å². The van der Waals surface area contributed by atoms with Crippen molar-refractivity contribution in [1.82, 2.24) is 19.6 Å². The average Bonchev–Trinajstić information content (AvgIpc) is 1.19. The van der Waals surface area contributed by atoms with Crippen LogP contribution in [0.15, 0.2) is 146 Å². The summed E-state index contributed by atoms with van der Waals surface area (Å²) in [5.74, 6) is -3.99. The lowest BCUT2D eigenvalue weighted by atomic mass is 9.77. The highest BCUT2D eigenvalue weighted by molar-refractivity contribution is 8.02. The molecule has 4 heterocycles. The first-order valence-electron chi connectivity index (χ1n) is 30.4. The minimum absolute atomic E-state index is 0.00423. The van der Waals surface area contributed by atoms with Crippen LogP contribution in [-0.2, 0) is 45.6 Å². The summed E-state index contributed by atoms with van der Waals surface area (Å²) in [7, 11) is 1.53. The fraction of sp³-hybridized carbons (Fsp3) is 0.433. The standard InChI is InChI=1S/C51H48N6O11S5.C16H36N/c1-50(2,3)67-46(64)47(69-5)68-55-37(35-28-72-49(52-35)54-51(31-15-9-6-10-16-31,32-17-11-7-12-18-32)33-19-13-8-14-20-33)41(59)53-38-42(60)57-39(45(63)66-25-29-21-23-34(65-4)24-22-29)30(26-70-43(38)57)27-71-48-36(44(61)62)40(58)56-73-48;1-5-9-13-17(14-10-6-2,15-11-7-3)16-12-8-4/h6-24,28,38,43,47H,25-27H2,1-5H3,(H,52,54)(H,53,59)(H,56,58)(H,61,62);5-16H2,1-4H3/q;+1/p-1/b55-37-;. The number of thiazole rings is 1. The van der Waals surface area contributed by atoms with E-state index in [1.54, 1.807) is 56.7 Å². The average molecular weight is 1320 g/mol. The Morgan fingerprint density at radius 2 is 1.36 bits per heavy atom. The maximum absolute atomic E-state index is 14.7. The van der Waals surface area contributed by atoms with Crippen LogP contribution in [0.3, 0.4) is 0 Å². The molecule has 1 fully saturated rings. The van der Waals surface area contributed by atoms with E-state index in [-0.39, 0.29) is 39.4 Å². The van der Waals surface area contributed by atoms with Gasteiger partial charge in [0, 0.05) is 16.9 Å². The van der Waals surface area contributed by atoms with Gasteiger partial charge in [-0.3, -0.25) is 23.7 Å². The normalized spacial score (nSPS) is 15.4. The van der Waals surface area contributed by atoms with Crippen LogP contribution in [-0.4, -0.2) is 128 Å². The predicted octanol–water partition coefficient (Wildman–Crippen LogP) is 11.6. The quantitative estimate of drug-likeness (QED) is 0.00521. The zero-order chi connectivity index (χ0) is 64.8. The third-order valence-electron chi connectivity index (χ3n) is 15.2. The van der Waals surface area contributed by atoms with Gasteiger partial charge in [0.15, 0.2) is 10.8 Å². The van der Waals surface area contributed by atoms with Crippen molar-refractivity contribution in [2.24, 2.45) is 5.16 Å². The van der Waals surface area contributed by atoms with Crippen LogP contribution >= 0.6 is 58.2 Å². The summed E-state index contributed by atoms with van der Waals surface area (Å²) in [6.07, 6.45) is 12.7. The van der Waals surface area contributed by atoms with Gasteiger partial charge < -0.3 is 44.1 Å². The number of hydrogen-bond donors (Lipinski definition) is 3. The number of fused-ring (bicyclic) bond motifs is 1. The van der Waals surface area contributed by atoms with Crippen molar-refractivity contribution in [3.63, 3.8) is 0 Å². The van der Waals surface area contributed by atoms with Crippen molar-refractivity contribution in [3.05, 3.63) is 176 Å². The summed E-state index contributed by atoms with van der Waals surface area (Å²) in [5, 5.41) is 23.7. The van der Waals surface area contributed by atoms with Gasteiger partial charge >= 0.3 is 11.9 Å². The van der Waals surface area contributed by atoms with E-state index in [0.29, 0.717) is 22.0 Å². The first kappa shape index (κ1) is 70.6. The van der Waals surface area contributed by atoms with E-state index >= 15 is 0 Å². The van der Waals surface area contributed by atoms with Crippen LogP contribution in [0.2, 0.25) is 0 Å². The van der Waals surface area contributed by atoms with Gasteiger partial charge in [-0.05, 0) is 92.7 Å². The Labute approximate surface area is 549 Å². The third kappa shape index (κ3) is 18.2. The number of β-lactam (4-membered cyclic amide) rings is 1. The van der Waals surface area contributed by atoms with Gasteiger partial charge in [-0.1, -0.05) is 173 Å². The van der Waals surface area contributed by atoms with Gasteiger partial charge in [0.2, 0.25) is 0 Å². The lowest BCUT2D eigenvalue weighted by Gasteiger charge is -2.49. The molecular weight excluding hydrogens is 1240 g/mol. The number of aromatic amines is 1. The second kappa shape index (κ2) is 34.0. The highest BCUT2D eigenvalue weighted by atomic mass is 32.2. The van der Waals surface area contributed by atoms with Crippen molar-refractivity contribution in [3.8, 4) is 5.75 Å². The molecule has 8 rings (SSSR count). The molecule has 4 aromatic carbocycles. The predicted molar refractivity (Wildman–Crippen MR) is 360 cm³/mol. The SMILES string of the molecule is CCCC[N+](CCCC)(CCCC)CCCC.COc1ccc(COC(=O)C2=C(CSc3s[nH]c(=O)c3C(=O)[O-])CSC3C(NC(=O)/C(=N\OC(SC)C(=O)OC(C)(C)C)c4csc(NC(c5ccccc5)(c5ccccc5)c5ccccc5)n4)C(=O)N23)cc1. The molecule has 0 saturated carbocycles. The Bertz CT molecular complexity index is 3310.